The quantitative estimate of drug-likeness (QED) is 0.605. The third kappa shape index (κ3) is 2.71. The third-order valence-electron chi connectivity index (χ3n) is 5.61. The summed E-state index contributed by atoms with van der Waals surface area (Å²) in [7, 11) is 0. The zero-order valence-electron chi connectivity index (χ0n) is 14.6. The van der Waals surface area contributed by atoms with E-state index in [1.807, 2.05) is 6.92 Å². The molecule has 8 heteroatoms. The average Bonchev–Trinajstić information content (AvgIpc) is 3.25. The van der Waals surface area contributed by atoms with Gasteiger partial charge in [0.1, 0.15) is 12.2 Å². The lowest BCUT2D eigenvalue weighted by Gasteiger charge is -2.29. The Hall–Kier alpha value is -2.74. The van der Waals surface area contributed by atoms with E-state index >= 15 is 0 Å². The van der Waals surface area contributed by atoms with E-state index in [0.29, 0.717) is 5.69 Å². The second kappa shape index (κ2) is 6.45. The molecular weight excluding hydrogens is 354 g/mol. The first-order valence-electron chi connectivity index (χ1n) is 8.89. The molecule has 1 aromatic rings. The molecule has 0 spiro atoms. The van der Waals surface area contributed by atoms with Gasteiger partial charge in [0.05, 0.1) is 36.5 Å². The number of anilines is 1. The van der Waals surface area contributed by atoms with E-state index in [1.54, 1.807) is 30.3 Å². The Morgan fingerprint density at radius 2 is 1.70 bits per heavy atom. The first-order chi connectivity index (χ1) is 12.9. The Morgan fingerprint density at radius 1 is 1.07 bits per heavy atom. The normalized spacial score (nSPS) is 34.0. The second-order valence-electron chi connectivity index (χ2n) is 7.17. The van der Waals surface area contributed by atoms with Gasteiger partial charge in [-0.25, -0.2) is 4.90 Å². The summed E-state index contributed by atoms with van der Waals surface area (Å²) in [6.07, 6.45) is -2.41. The van der Waals surface area contributed by atoms with Crippen molar-refractivity contribution < 1.29 is 33.8 Å². The first kappa shape index (κ1) is 17.7. The molecule has 8 nitrogen and oxygen atoms in total. The van der Waals surface area contributed by atoms with E-state index in [9.17, 15) is 19.2 Å². The van der Waals surface area contributed by atoms with Crippen LogP contribution >= 0.6 is 0 Å². The number of carboxylic acid groups (broad SMARTS) is 1. The maximum absolute atomic E-state index is 12.9. The lowest BCUT2D eigenvalue weighted by Crippen LogP contribution is -2.45. The summed E-state index contributed by atoms with van der Waals surface area (Å²) < 4.78 is 11.3. The van der Waals surface area contributed by atoms with Gasteiger partial charge in [0.25, 0.3) is 0 Å². The number of fused-ring (bicyclic) bond motifs is 5. The van der Waals surface area contributed by atoms with E-state index in [1.165, 1.54) is 4.90 Å². The van der Waals surface area contributed by atoms with Gasteiger partial charge in [-0.15, -0.1) is 0 Å². The summed E-state index contributed by atoms with van der Waals surface area (Å²) in [6.45, 7) is 1.82. The van der Waals surface area contributed by atoms with Gasteiger partial charge in [-0.1, -0.05) is 25.1 Å². The van der Waals surface area contributed by atoms with Crippen LogP contribution in [0, 0.1) is 17.8 Å². The molecule has 4 rings (SSSR count). The van der Waals surface area contributed by atoms with Crippen LogP contribution in [-0.4, -0.2) is 47.2 Å². The van der Waals surface area contributed by atoms with Gasteiger partial charge < -0.3 is 14.6 Å². The van der Waals surface area contributed by atoms with Crippen molar-refractivity contribution in [3.8, 4) is 0 Å². The average molecular weight is 373 g/mol. The molecule has 6 atom stereocenters. The van der Waals surface area contributed by atoms with Gasteiger partial charge in [-0.2, -0.15) is 0 Å². The van der Waals surface area contributed by atoms with Gasteiger partial charge in [-0.05, 0) is 12.1 Å². The fourth-order valence-electron chi connectivity index (χ4n) is 4.40. The Balaban J connectivity index is 1.54. The minimum atomic E-state index is -1.08. The third-order valence-corrected chi connectivity index (χ3v) is 5.61. The van der Waals surface area contributed by atoms with Crippen LogP contribution in [0.25, 0.3) is 0 Å². The second-order valence-corrected chi connectivity index (χ2v) is 7.17. The first-order valence-corrected chi connectivity index (χ1v) is 8.89. The molecular formula is C19H19NO7. The monoisotopic (exact) mass is 373 g/mol. The maximum atomic E-state index is 12.9. The molecule has 3 aliphatic rings. The molecule has 3 fully saturated rings. The fraction of sp³-hybridized carbons (Fsp3) is 0.474. The molecule has 1 aromatic carbocycles. The molecule has 2 bridgehead atoms. The van der Waals surface area contributed by atoms with Crippen LogP contribution in [0.1, 0.15) is 19.8 Å². The largest absolute Gasteiger partial charge is 0.481 e. The number of ether oxygens (including phenoxy) is 2. The predicted molar refractivity (Wildman–Crippen MR) is 90.5 cm³/mol. The molecule has 3 saturated heterocycles. The molecule has 2 amide bonds. The van der Waals surface area contributed by atoms with E-state index in [2.05, 4.69) is 0 Å². The van der Waals surface area contributed by atoms with Crippen LogP contribution in [0.3, 0.4) is 0 Å². The van der Waals surface area contributed by atoms with E-state index in [4.69, 9.17) is 14.6 Å². The minimum Gasteiger partial charge on any atom is -0.481 e. The van der Waals surface area contributed by atoms with Crippen LogP contribution < -0.4 is 4.90 Å². The van der Waals surface area contributed by atoms with Crippen LogP contribution in [0.4, 0.5) is 5.69 Å². The number of hydrogen-bond acceptors (Lipinski definition) is 6. The molecule has 0 aliphatic carbocycles. The zero-order chi connectivity index (χ0) is 19.3. The molecule has 142 valence electrons. The highest BCUT2D eigenvalue weighted by atomic mass is 16.6. The Labute approximate surface area is 155 Å². The number of carboxylic acids is 1. The van der Waals surface area contributed by atoms with E-state index in [-0.39, 0.29) is 30.6 Å². The Morgan fingerprint density at radius 3 is 2.33 bits per heavy atom. The van der Waals surface area contributed by atoms with Crippen LogP contribution in [0.5, 0.6) is 0 Å². The van der Waals surface area contributed by atoms with Crippen molar-refractivity contribution in [1.82, 2.24) is 0 Å². The number of imide groups is 1. The number of amides is 2. The SMILES string of the molecule is CC1C(OC(=O)CCC(=O)O)C2OC1C1C(=O)N(c3ccccc3)C(=O)C21. The van der Waals surface area contributed by atoms with Gasteiger partial charge in [-0.3, -0.25) is 19.2 Å². The molecule has 3 heterocycles. The number of carbonyl (C=O) groups excluding carboxylic acids is 3. The number of hydrogen-bond donors (Lipinski definition) is 1. The van der Waals surface area contributed by atoms with E-state index in [0.717, 1.165) is 0 Å². The molecule has 27 heavy (non-hydrogen) atoms. The number of rotatable bonds is 5. The number of nitrogens with zero attached hydrogens (tertiary/aromatic N) is 1. The molecule has 0 aromatic heterocycles. The summed E-state index contributed by atoms with van der Waals surface area (Å²) >= 11 is 0. The van der Waals surface area contributed by atoms with Crippen molar-refractivity contribution >= 4 is 29.4 Å². The van der Waals surface area contributed by atoms with Crippen LogP contribution in [0.15, 0.2) is 30.3 Å². The van der Waals surface area contributed by atoms with Crippen LogP contribution in [0.2, 0.25) is 0 Å². The van der Waals surface area contributed by atoms with Crippen molar-refractivity contribution in [1.29, 1.82) is 0 Å². The van der Waals surface area contributed by atoms with Crippen molar-refractivity contribution in [2.75, 3.05) is 4.90 Å². The van der Waals surface area contributed by atoms with Crippen molar-refractivity contribution in [2.45, 2.75) is 38.1 Å². The molecule has 3 aliphatic heterocycles. The summed E-state index contributed by atoms with van der Waals surface area (Å²) in [6, 6.07) is 8.71. The lowest BCUT2D eigenvalue weighted by atomic mass is 9.74. The minimum absolute atomic E-state index is 0.243. The molecule has 6 unspecified atom stereocenters. The zero-order valence-corrected chi connectivity index (χ0v) is 14.6. The highest BCUT2D eigenvalue weighted by Gasteiger charge is 2.69. The number of carbonyl (C=O) groups is 4. The van der Waals surface area contributed by atoms with Gasteiger partial charge in [0.15, 0.2) is 0 Å². The predicted octanol–water partition coefficient (Wildman–Crippen LogP) is 0.986. The summed E-state index contributed by atoms with van der Waals surface area (Å²) in [5.74, 6) is -3.87. The molecule has 1 N–H and O–H groups in total. The van der Waals surface area contributed by atoms with E-state index < -0.39 is 42.1 Å². The maximum Gasteiger partial charge on any atom is 0.306 e. The molecule has 0 saturated carbocycles. The number of para-hydroxylation sites is 1. The summed E-state index contributed by atoms with van der Waals surface area (Å²) in [4.78, 5) is 49.6. The van der Waals surface area contributed by atoms with Crippen molar-refractivity contribution in [2.24, 2.45) is 17.8 Å². The van der Waals surface area contributed by atoms with Crippen LogP contribution in [-0.2, 0) is 28.7 Å². The highest BCUT2D eigenvalue weighted by Crippen LogP contribution is 2.52. The van der Waals surface area contributed by atoms with Crippen molar-refractivity contribution in [3.05, 3.63) is 30.3 Å². The van der Waals surface area contributed by atoms with Crippen molar-refractivity contribution in [3.63, 3.8) is 0 Å². The van der Waals surface area contributed by atoms with Gasteiger partial charge in [0, 0.05) is 5.92 Å². The van der Waals surface area contributed by atoms with Gasteiger partial charge in [0.2, 0.25) is 11.8 Å². The summed E-state index contributed by atoms with van der Waals surface area (Å²) in [5.41, 5.74) is 0.518. The topological polar surface area (TPSA) is 110 Å². The smallest absolute Gasteiger partial charge is 0.306 e. The Kier molecular flexibility index (Phi) is 4.22. The molecule has 0 radical (unpaired) electrons. The lowest BCUT2D eigenvalue weighted by molar-refractivity contribution is -0.158. The number of aliphatic carboxylic acids is 1. The summed E-state index contributed by atoms with van der Waals surface area (Å²) in [5, 5.41) is 8.68. The Bertz CT molecular complexity index is 808. The highest BCUT2D eigenvalue weighted by molar-refractivity contribution is 6.22. The fourth-order valence-corrected chi connectivity index (χ4v) is 4.40. The standard InChI is InChI=1S/C19H19NO7/c1-9-15-13-14(17(27-15)16(9)26-12(23)8-7-11(21)22)19(25)20(18(13)24)10-5-3-2-4-6-10/h2-6,9,13-17H,7-8H2,1H3,(H,21,22). The number of esters is 1. The number of benzene rings is 1. The van der Waals surface area contributed by atoms with Gasteiger partial charge >= 0.3 is 11.9 Å².